The van der Waals surface area contributed by atoms with Gasteiger partial charge in [-0.25, -0.2) is 9.78 Å². The first-order chi connectivity index (χ1) is 12.7. The zero-order chi connectivity index (χ0) is 17.9. The molecule has 1 N–H and O–H groups in total. The van der Waals surface area contributed by atoms with Gasteiger partial charge in [-0.1, -0.05) is 23.7 Å². The maximum absolute atomic E-state index is 12.4. The number of hydrogen-bond acceptors (Lipinski definition) is 5. The Morgan fingerprint density at radius 3 is 2.65 bits per heavy atom. The monoisotopic (exact) mass is 406 g/mol. The number of amides is 2. The molecule has 1 fully saturated rings. The summed E-state index contributed by atoms with van der Waals surface area (Å²) in [7, 11) is 0. The van der Waals surface area contributed by atoms with Gasteiger partial charge in [0.05, 0.1) is 21.1 Å². The van der Waals surface area contributed by atoms with Crippen molar-refractivity contribution in [3.8, 4) is 0 Å². The standard InChI is InChI=1S/C18H19ClN4OS2/c19-16-6-5-13(25-16)12-22-7-9-23(10-8-22)18(24)20-11-17-21-14-3-1-2-4-15(14)26-17/h1-6H,7-12H2,(H,20,24). The van der Waals surface area contributed by atoms with Crippen LogP contribution in [0.2, 0.25) is 4.34 Å². The van der Waals surface area contributed by atoms with Crippen molar-refractivity contribution in [2.75, 3.05) is 26.2 Å². The van der Waals surface area contributed by atoms with E-state index >= 15 is 0 Å². The first-order valence-electron chi connectivity index (χ1n) is 8.51. The number of urea groups is 1. The molecule has 0 saturated carbocycles. The average Bonchev–Trinajstić information content (AvgIpc) is 3.25. The zero-order valence-corrected chi connectivity index (χ0v) is 16.5. The van der Waals surface area contributed by atoms with Crippen molar-refractivity contribution in [1.29, 1.82) is 0 Å². The Morgan fingerprint density at radius 1 is 1.12 bits per heavy atom. The van der Waals surface area contributed by atoms with Crippen LogP contribution in [-0.2, 0) is 13.1 Å². The molecule has 4 rings (SSSR count). The van der Waals surface area contributed by atoms with Crippen LogP contribution in [0.3, 0.4) is 0 Å². The molecule has 2 aromatic heterocycles. The molecular formula is C18H19ClN4OS2. The highest BCUT2D eigenvalue weighted by Crippen LogP contribution is 2.23. The van der Waals surface area contributed by atoms with Gasteiger partial charge >= 0.3 is 6.03 Å². The lowest BCUT2D eigenvalue weighted by atomic mass is 10.3. The van der Waals surface area contributed by atoms with Gasteiger partial charge in [-0.05, 0) is 24.3 Å². The van der Waals surface area contributed by atoms with Gasteiger partial charge in [0.2, 0.25) is 0 Å². The maximum Gasteiger partial charge on any atom is 0.317 e. The number of nitrogens with one attached hydrogen (secondary N) is 1. The number of benzene rings is 1. The van der Waals surface area contributed by atoms with E-state index in [0.29, 0.717) is 6.54 Å². The third kappa shape index (κ3) is 4.17. The number of thiazole rings is 1. The normalized spacial score (nSPS) is 15.5. The number of thiophene rings is 1. The Morgan fingerprint density at radius 2 is 1.92 bits per heavy atom. The van der Waals surface area contributed by atoms with Gasteiger partial charge in [0.15, 0.2) is 0 Å². The van der Waals surface area contributed by atoms with Crippen molar-refractivity contribution in [2.24, 2.45) is 0 Å². The Kier molecular flexibility index (Phi) is 5.40. The topological polar surface area (TPSA) is 48.5 Å². The Labute approximate surface area is 165 Å². The van der Waals surface area contributed by atoms with E-state index in [2.05, 4.69) is 27.3 Å². The molecule has 26 heavy (non-hydrogen) atoms. The van der Waals surface area contributed by atoms with Crippen LogP contribution in [0.1, 0.15) is 9.88 Å². The Bertz CT molecular complexity index is 868. The number of aromatic nitrogens is 1. The summed E-state index contributed by atoms with van der Waals surface area (Å²) in [5.41, 5.74) is 0.990. The molecule has 3 aromatic rings. The smallest absolute Gasteiger partial charge is 0.317 e. The summed E-state index contributed by atoms with van der Waals surface area (Å²) < 4.78 is 1.98. The van der Waals surface area contributed by atoms with Crippen LogP contribution in [0, 0.1) is 0 Å². The van der Waals surface area contributed by atoms with Crippen LogP contribution in [0.15, 0.2) is 36.4 Å². The lowest BCUT2D eigenvalue weighted by Gasteiger charge is -2.34. The minimum atomic E-state index is -0.0110. The minimum absolute atomic E-state index is 0.0110. The third-order valence-corrected chi connectivity index (χ3v) is 6.65. The number of rotatable bonds is 4. The number of nitrogens with zero attached hydrogens (tertiary/aromatic N) is 3. The number of carbonyl (C=O) groups is 1. The van der Waals surface area contributed by atoms with Gasteiger partial charge in [-0.15, -0.1) is 22.7 Å². The van der Waals surface area contributed by atoms with E-state index in [4.69, 9.17) is 11.6 Å². The van der Waals surface area contributed by atoms with Crippen LogP contribution in [-0.4, -0.2) is 47.0 Å². The lowest BCUT2D eigenvalue weighted by molar-refractivity contribution is 0.135. The van der Waals surface area contributed by atoms with Crippen molar-refractivity contribution in [3.63, 3.8) is 0 Å². The molecule has 1 saturated heterocycles. The van der Waals surface area contributed by atoms with E-state index < -0.39 is 0 Å². The highest BCUT2D eigenvalue weighted by Gasteiger charge is 2.21. The molecule has 0 radical (unpaired) electrons. The second-order valence-electron chi connectivity index (χ2n) is 6.20. The molecule has 1 aliphatic rings. The SMILES string of the molecule is O=C(NCc1nc2ccccc2s1)N1CCN(Cc2ccc(Cl)s2)CC1. The fourth-order valence-corrected chi connectivity index (χ4v) is 5.06. The fourth-order valence-electron chi connectivity index (χ4n) is 3.02. The molecule has 1 aromatic carbocycles. The fraction of sp³-hybridized carbons (Fsp3) is 0.333. The molecule has 8 heteroatoms. The van der Waals surface area contributed by atoms with Crippen LogP contribution in [0.25, 0.3) is 10.2 Å². The molecule has 0 aliphatic carbocycles. The summed E-state index contributed by atoms with van der Waals surface area (Å²) in [5, 5.41) is 3.94. The van der Waals surface area contributed by atoms with Crippen LogP contribution >= 0.6 is 34.3 Å². The van der Waals surface area contributed by atoms with Crippen molar-refractivity contribution in [1.82, 2.24) is 20.1 Å². The molecular weight excluding hydrogens is 388 g/mol. The predicted octanol–water partition coefficient (Wildman–Crippen LogP) is 4.04. The van der Waals surface area contributed by atoms with Crippen molar-refractivity contribution in [2.45, 2.75) is 13.1 Å². The highest BCUT2D eigenvalue weighted by molar-refractivity contribution is 7.18. The van der Waals surface area contributed by atoms with Gasteiger partial charge in [0, 0.05) is 37.6 Å². The number of hydrogen-bond donors (Lipinski definition) is 1. The Hall–Kier alpha value is -1.67. The largest absolute Gasteiger partial charge is 0.331 e. The molecule has 0 spiro atoms. The van der Waals surface area contributed by atoms with Gasteiger partial charge in [0.1, 0.15) is 5.01 Å². The first-order valence-corrected chi connectivity index (χ1v) is 10.5. The van der Waals surface area contributed by atoms with Gasteiger partial charge in [-0.2, -0.15) is 0 Å². The number of fused-ring (bicyclic) bond motifs is 1. The van der Waals surface area contributed by atoms with E-state index in [1.54, 1.807) is 22.7 Å². The molecule has 3 heterocycles. The van der Waals surface area contributed by atoms with Crippen molar-refractivity contribution in [3.05, 3.63) is 50.6 Å². The van der Waals surface area contributed by atoms with Crippen LogP contribution in [0.5, 0.6) is 0 Å². The van der Waals surface area contributed by atoms with E-state index in [1.807, 2.05) is 29.2 Å². The quantitative estimate of drug-likeness (QED) is 0.711. The molecule has 0 unspecified atom stereocenters. The molecule has 2 amide bonds. The molecule has 1 aliphatic heterocycles. The van der Waals surface area contributed by atoms with Gasteiger partial charge in [0.25, 0.3) is 0 Å². The summed E-state index contributed by atoms with van der Waals surface area (Å²) >= 11 is 9.24. The molecule has 0 atom stereocenters. The average molecular weight is 407 g/mol. The van der Waals surface area contributed by atoms with Crippen LogP contribution in [0.4, 0.5) is 4.79 Å². The maximum atomic E-state index is 12.4. The first kappa shape index (κ1) is 17.7. The summed E-state index contributed by atoms with van der Waals surface area (Å²) in [6.45, 7) is 4.62. The van der Waals surface area contributed by atoms with E-state index in [-0.39, 0.29) is 6.03 Å². The predicted molar refractivity (Wildman–Crippen MR) is 108 cm³/mol. The van der Waals surface area contributed by atoms with E-state index in [0.717, 1.165) is 52.3 Å². The molecule has 0 bridgehead atoms. The van der Waals surface area contributed by atoms with Crippen molar-refractivity contribution < 1.29 is 4.79 Å². The number of carbonyl (C=O) groups excluding carboxylic acids is 1. The molecule has 5 nitrogen and oxygen atoms in total. The Balaban J connectivity index is 1.25. The lowest BCUT2D eigenvalue weighted by Crippen LogP contribution is -2.51. The summed E-state index contributed by atoms with van der Waals surface area (Å²) in [6, 6.07) is 12.0. The minimum Gasteiger partial charge on any atom is -0.331 e. The number of piperazine rings is 1. The van der Waals surface area contributed by atoms with Gasteiger partial charge < -0.3 is 10.2 Å². The summed E-state index contributed by atoms with van der Waals surface area (Å²) in [6.07, 6.45) is 0. The van der Waals surface area contributed by atoms with E-state index in [9.17, 15) is 4.79 Å². The number of para-hydroxylation sites is 1. The highest BCUT2D eigenvalue weighted by atomic mass is 35.5. The summed E-state index contributed by atoms with van der Waals surface area (Å²) in [5.74, 6) is 0. The third-order valence-electron chi connectivity index (χ3n) is 4.40. The van der Waals surface area contributed by atoms with E-state index in [1.165, 1.54) is 4.88 Å². The summed E-state index contributed by atoms with van der Waals surface area (Å²) in [4.78, 5) is 22.5. The number of halogens is 1. The second kappa shape index (κ2) is 7.92. The second-order valence-corrected chi connectivity index (χ2v) is 9.12. The van der Waals surface area contributed by atoms with Gasteiger partial charge in [-0.3, -0.25) is 4.90 Å². The van der Waals surface area contributed by atoms with Crippen LogP contribution < -0.4 is 5.32 Å². The van der Waals surface area contributed by atoms with Crippen molar-refractivity contribution >= 4 is 50.5 Å². The zero-order valence-electron chi connectivity index (χ0n) is 14.2. The molecule has 136 valence electrons.